The third-order valence-electron chi connectivity index (χ3n) is 3.51. The first-order valence-corrected chi connectivity index (χ1v) is 7.01. The Kier molecular flexibility index (Phi) is 4.13. The molecule has 2 aromatic carbocycles. The van der Waals surface area contributed by atoms with Crippen molar-refractivity contribution in [2.24, 2.45) is 0 Å². The van der Waals surface area contributed by atoms with Gasteiger partial charge in [0, 0.05) is 0 Å². The summed E-state index contributed by atoms with van der Waals surface area (Å²) in [6, 6.07) is 5.47. The number of nitrogens with one attached hydrogen (secondary N) is 2. The number of amides is 1. The van der Waals surface area contributed by atoms with Crippen LogP contribution in [-0.4, -0.2) is 36.1 Å². The van der Waals surface area contributed by atoms with Crippen molar-refractivity contribution in [1.29, 1.82) is 0 Å². The van der Waals surface area contributed by atoms with Crippen LogP contribution in [0.4, 0.5) is 22.7 Å². The number of non-ortho nitro benzene ring substituents is 1. The number of anilines is 1. The first-order chi connectivity index (χ1) is 12.8. The summed E-state index contributed by atoms with van der Waals surface area (Å²) in [5.41, 5.74) is -3.26. The lowest BCUT2D eigenvalue weighted by Crippen LogP contribution is -2.16. The van der Waals surface area contributed by atoms with Gasteiger partial charge in [-0.15, -0.1) is 0 Å². The van der Waals surface area contributed by atoms with Crippen molar-refractivity contribution in [3.05, 3.63) is 66.2 Å². The van der Waals surface area contributed by atoms with Crippen LogP contribution >= 0.6 is 0 Å². The summed E-state index contributed by atoms with van der Waals surface area (Å²) in [6.45, 7) is 0. The molecule has 1 aromatic heterocycles. The van der Waals surface area contributed by atoms with Crippen molar-refractivity contribution in [1.82, 2.24) is 15.4 Å². The monoisotopic (exact) mass is 373 g/mol. The van der Waals surface area contributed by atoms with Gasteiger partial charge in [-0.2, -0.15) is 15.4 Å². The van der Waals surface area contributed by atoms with E-state index in [4.69, 9.17) is 0 Å². The molecule has 0 aliphatic carbocycles. The van der Waals surface area contributed by atoms with Crippen LogP contribution in [0.25, 0.3) is 11.0 Å². The average Bonchev–Trinajstić information content (AvgIpc) is 3.10. The van der Waals surface area contributed by atoms with Gasteiger partial charge in [0.2, 0.25) is 0 Å². The Labute approximate surface area is 147 Å². The van der Waals surface area contributed by atoms with Crippen molar-refractivity contribution in [2.45, 2.75) is 0 Å². The molecule has 0 atom stereocenters. The van der Waals surface area contributed by atoms with Gasteiger partial charge in [0.25, 0.3) is 23.0 Å². The predicted molar refractivity (Wildman–Crippen MR) is 88.2 cm³/mol. The maximum atomic E-state index is 12.6. The van der Waals surface area contributed by atoms with Crippen LogP contribution in [0.1, 0.15) is 10.4 Å². The van der Waals surface area contributed by atoms with E-state index in [9.17, 15) is 35.1 Å². The van der Waals surface area contributed by atoms with Crippen LogP contribution in [0.5, 0.6) is 0 Å². The quantitative estimate of drug-likeness (QED) is 0.495. The van der Waals surface area contributed by atoms with Gasteiger partial charge >= 0.3 is 0 Å². The standard InChI is InChI=1S/C13H7N7O7/c21-13(14-7-2-1-3-8-12(7)16-17-15-8)11-9(19(24)25)4-6(18(22)23)5-10(11)20(26)27/h1-5H,(H,14,21)(H,15,16,17). The fourth-order valence-corrected chi connectivity index (χ4v) is 2.38. The van der Waals surface area contributed by atoms with Gasteiger partial charge in [-0.25, -0.2) is 0 Å². The van der Waals surface area contributed by atoms with Crippen LogP contribution in [-0.2, 0) is 0 Å². The molecular weight excluding hydrogens is 366 g/mol. The third kappa shape index (κ3) is 3.09. The van der Waals surface area contributed by atoms with Crippen LogP contribution in [0.2, 0.25) is 0 Å². The number of carbonyl (C=O) groups excluding carboxylic acids is 1. The van der Waals surface area contributed by atoms with E-state index in [1.807, 2.05) is 0 Å². The second kappa shape index (κ2) is 6.43. The lowest BCUT2D eigenvalue weighted by atomic mass is 10.1. The molecule has 0 aliphatic rings. The van der Waals surface area contributed by atoms with Crippen LogP contribution in [0, 0.1) is 30.3 Å². The number of benzene rings is 2. The number of aromatic nitrogens is 3. The summed E-state index contributed by atoms with van der Waals surface area (Å²) in [7, 11) is 0. The number of para-hydroxylation sites is 1. The summed E-state index contributed by atoms with van der Waals surface area (Å²) >= 11 is 0. The van der Waals surface area contributed by atoms with Crippen molar-refractivity contribution >= 4 is 39.7 Å². The lowest BCUT2D eigenvalue weighted by molar-refractivity contribution is -0.403. The summed E-state index contributed by atoms with van der Waals surface area (Å²) in [4.78, 5) is 42.7. The van der Waals surface area contributed by atoms with Crippen molar-refractivity contribution in [3.63, 3.8) is 0 Å². The zero-order valence-corrected chi connectivity index (χ0v) is 13.0. The molecule has 0 fully saturated rings. The number of rotatable bonds is 5. The highest BCUT2D eigenvalue weighted by Gasteiger charge is 2.35. The Morgan fingerprint density at radius 3 is 2.15 bits per heavy atom. The number of carbonyl (C=O) groups is 1. The topological polar surface area (TPSA) is 200 Å². The molecule has 2 N–H and O–H groups in total. The second-order valence-corrected chi connectivity index (χ2v) is 5.08. The molecule has 3 rings (SSSR count). The van der Waals surface area contributed by atoms with E-state index >= 15 is 0 Å². The smallest absolute Gasteiger partial charge is 0.296 e. The highest BCUT2D eigenvalue weighted by molar-refractivity contribution is 6.12. The predicted octanol–water partition coefficient (Wildman–Crippen LogP) is 1.93. The molecule has 0 aliphatic heterocycles. The molecule has 0 unspecified atom stereocenters. The Bertz CT molecular complexity index is 1090. The van der Waals surface area contributed by atoms with Crippen molar-refractivity contribution in [3.8, 4) is 0 Å². The number of nitro benzene ring substituents is 3. The van der Waals surface area contributed by atoms with E-state index in [1.54, 1.807) is 6.07 Å². The summed E-state index contributed by atoms with van der Waals surface area (Å²) in [5.74, 6) is -1.20. The summed E-state index contributed by atoms with van der Waals surface area (Å²) < 4.78 is 0. The molecule has 14 heteroatoms. The molecule has 1 amide bonds. The van der Waals surface area contributed by atoms with Gasteiger partial charge in [0.15, 0.2) is 5.56 Å². The van der Waals surface area contributed by atoms with E-state index in [2.05, 4.69) is 20.7 Å². The van der Waals surface area contributed by atoms with Gasteiger partial charge in [-0.05, 0) is 12.1 Å². The second-order valence-electron chi connectivity index (χ2n) is 5.08. The first kappa shape index (κ1) is 17.3. The Morgan fingerprint density at radius 1 is 0.963 bits per heavy atom. The van der Waals surface area contributed by atoms with Crippen LogP contribution < -0.4 is 5.32 Å². The minimum atomic E-state index is -1.20. The molecule has 27 heavy (non-hydrogen) atoms. The number of nitro groups is 3. The molecule has 0 saturated heterocycles. The first-order valence-electron chi connectivity index (χ1n) is 7.01. The maximum absolute atomic E-state index is 12.6. The minimum Gasteiger partial charge on any atom is -0.320 e. The molecule has 0 bridgehead atoms. The van der Waals surface area contributed by atoms with Gasteiger partial charge in [-0.3, -0.25) is 35.1 Å². The van der Waals surface area contributed by atoms with Crippen LogP contribution in [0.3, 0.4) is 0 Å². The molecule has 3 aromatic rings. The molecule has 0 radical (unpaired) electrons. The Morgan fingerprint density at radius 2 is 1.59 bits per heavy atom. The molecule has 1 heterocycles. The van der Waals surface area contributed by atoms with E-state index in [0.717, 1.165) is 0 Å². The summed E-state index contributed by atoms with van der Waals surface area (Å²) in [5, 5.41) is 45.6. The number of hydrogen-bond acceptors (Lipinski definition) is 9. The van der Waals surface area contributed by atoms with E-state index < -0.39 is 43.3 Å². The third-order valence-corrected chi connectivity index (χ3v) is 3.51. The normalized spacial score (nSPS) is 10.5. The molecule has 0 spiro atoms. The SMILES string of the molecule is O=C(Nc1cccc2n[nH]nc12)c1c([N+](=O)[O-])cc([N+](=O)[O-])cc1[N+](=O)[O-]. The molecular formula is C13H7N7O7. The lowest BCUT2D eigenvalue weighted by Gasteiger charge is -2.07. The van der Waals surface area contributed by atoms with Crippen molar-refractivity contribution < 1.29 is 19.6 Å². The van der Waals surface area contributed by atoms with Crippen molar-refractivity contribution in [2.75, 3.05) is 5.32 Å². The van der Waals surface area contributed by atoms with E-state index in [0.29, 0.717) is 17.6 Å². The maximum Gasteiger partial charge on any atom is 0.296 e. The zero-order chi connectivity index (χ0) is 19.7. The Hall–Kier alpha value is -4.49. The van der Waals surface area contributed by atoms with Gasteiger partial charge in [0.05, 0.1) is 32.6 Å². The number of aromatic amines is 1. The average molecular weight is 373 g/mol. The van der Waals surface area contributed by atoms with E-state index in [-0.39, 0.29) is 11.2 Å². The number of hydrogen-bond donors (Lipinski definition) is 2. The largest absolute Gasteiger partial charge is 0.320 e. The van der Waals surface area contributed by atoms with E-state index in [1.165, 1.54) is 12.1 Å². The molecule has 14 nitrogen and oxygen atoms in total. The number of nitrogens with zero attached hydrogens (tertiary/aromatic N) is 5. The van der Waals surface area contributed by atoms with Gasteiger partial charge in [-0.1, -0.05) is 6.07 Å². The zero-order valence-electron chi connectivity index (χ0n) is 13.0. The molecule has 136 valence electrons. The number of fused-ring (bicyclic) bond motifs is 1. The van der Waals surface area contributed by atoms with Crippen LogP contribution in [0.15, 0.2) is 30.3 Å². The summed E-state index contributed by atoms with van der Waals surface area (Å²) in [6.07, 6.45) is 0. The van der Waals surface area contributed by atoms with Gasteiger partial charge < -0.3 is 5.32 Å². The highest BCUT2D eigenvalue weighted by atomic mass is 16.6. The minimum absolute atomic E-state index is 0.0909. The Balaban J connectivity index is 2.15. The fourth-order valence-electron chi connectivity index (χ4n) is 2.38. The highest BCUT2D eigenvalue weighted by Crippen LogP contribution is 2.34. The van der Waals surface area contributed by atoms with Gasteiger partial charge in [0.1, 0.15) is 11.0 Å². The fraction of sp³-hybridized carbons (Fsp3) is 0. The number of H-pyrrole nitrogens is 1. The molecule has 0 saturated carbocycles.